The Balaban J connectivity index is 1.63. The lowest BCUT2D eigenvalue weighted by molar-refractivity contribution is -0.142. The quantitative estimate of drug-likeness (QED) is 0.723. The molecule has 1 saturated heterocycles. The first kappa shape index (κ1) is 21.2. The molecule has 0 N–H and O–H groups in total. The third-order valence-corrected chi connectivity index (χ3v) is 5.74. The van der Waals surface area contributed by atoms with E-state index in [1.54, 1.807) is 29.2 Å². The van der Waals surface area contributed by atoms with Crippen LogP contribution in [0.15, 0.2) is 24.3 Å². The smallest absolute Gasteiger partial charge is 0.435 e. The molecule has 2 aromatic rings. The van der Waals surface area contributed by atoms with Crippen LogP contribution in [0.25, 0.3) is 5.69 Å². The van der Waals surface area contributed by atoms with Crippen molar-refractivity contribution in [2.45, 2.75) is 31.9 Å². The predicted molar refractivity (Wildman–Crippen MR) is 105 cm³/mol. The molecule has 0 atom stereocenters. The zero-order chi connectivity index (χ0) is 22.2. The molecule has 4 rings (SSSR count). The standard InChI is InChI=1S/C21H23F3N4O3/c1-31-15-6-4-14(5-7-15)28-18-16(19(25-28)21(22,23)24)8-12-27(20(18)30)13-9-17(29)26-10-2-3-11-26/h4-7H,2-3,8-13H2,1H3. The Kier molecular flexibility index (Phi) is 5.63. The summed E-state index contributed by atoms with van der Waals surface area (Å²) in [7, 11) is 1.48. The highest BCUT2D eigenvalue weighted by Gasteiger charge is 2.43. The molecule has 0 bridgehead atoms. The van der Waals surface area contributed by atoms with E-state index in [0.29, 0.717) is 11.4 Å². The van der Waals surface area contributed by atoms with Gasteiger partial charge in [0.25, 0.3) is 5.91 Å². The Morgan fingerprint density at radius 2 is 1.81 bits per heavy atom. The van der Waals surface area contributed by atoms with Crippen molar-refractivity contribution in [3.8, 4) is 11.4 Å². The fourth-order valence-electron chi connectivity index (χ4n) is 4.11. The minimum atomic E-state index is -4.67. The van der Waals surface area contributed by atoms with Crippen molar-refractivity contribution < 1.29 is 27.5 Å². The Morgan fingerprint density at radius 3 is 2.42 bits per heavy atom. The number of ether oxygens (including phenoxy) is 1. The molecule has 0 aliphatic carbocycles. The lowest BCUT2D eigenvalue weighted by atomic mass is 10.0. The molecule has 3 heterocycles. The molecule has 0 unspecified atom stereocenters. The van der Waals surface area contributed by atoms with E-state index < -0.39 is 17.8 Å². The van der Waals surface area contributed by atoms with Crippen molar-refractivity contribution in [2.24, 2.45) is 0 Å². The van der Waals surface area contributed by atoms with Crippen LogP contribution in [0.3, 0.4) is 0 Å². The van der Waals surface area contributed by atoms with Crippen molar-refractivity contribution in [3.63, 3.8) is 0 Å². The Hall–Kier alpha value is -3.04. The van der Waals surface area contributed by atoms with E-state index in [4.69, 9.17) is 4.74 Å². The molecule has 166 valence electrons. The zero-order valence-electron chi connectivity index (χ0n) is 17.1. The molecular formula is C21H23F3N4O3. The predicted octanol–water partition coefficient (Wildman–Crippen LogP) is 2.91. The summed E-state index contributed by atoms with van der Waals surface area (Å²) in [4.78, 5) is 28.7. The molecule has 0 saturated carbocycles. The van der Waals surface area contributed by atoms with Crippen LogP contribution in [0.2, 0.25) is 0 Å². The van der Waals surface area contributed by atoms with Crippen molar-refractivity contribution in [1.29, 1.82) is 0 Å². The molecule has 31 heavy (non-hydrogen) atoms. The maximum atomic E-state index is 13.6. The van der Waals surface area contributed by atoms with Crippen molar-refractivity contribution in [1.82, 2.24) is 19.6 Å². The van der Waals surface area contributed by atoms with Gasteiger partial charge in [0, 0.05) is 38.2 Å². The molecule has 0 radical (unpaired) electrons. The topological polar surface area (TPSA) is 67.7 Å². The van der Waals surface area contributed by atoms with Gasteiger partial charge in [-0.1, -0.05) is 0 Å². The highest BCUT2D eigenvalue weighted by molar-refractivity contribution is 5.96. The summed E-state index contributed by atoms with van der Waals surface area (Å²) in [6, 6.07) is 6.29. The lowest BCUT2D eigenvalue weighted by Gasteiger charge is -2.28. The van der Waals surface area contributed by atoms with Crippen LogP contribution in [0.5, 0.6) is 5.75 Å². The van der Waals surface area contributed by atoms with Crippen LogP contribution >= 0.6 is 0 Å². The first-order chi connectivity index (χ1) is 14.8. The molecule has 2 aliphatic rings. The van der Waals surface area contributed by atoms with Crippen LogP contribution in [-0.4, -0.2) is 64.7 Å². The third kappa shape index (κ3) is 4.11. The van der Waals surface area contributed by atoms with Crippen LogP contribution in [-0.2, 0) is 17.4 Å². The van der Waals surface area contributed by atoms with Crippen LogP contribution in [0.4, 0.5) is 13.2 Å². The van der Waals surface area contributed by atoms with Crippen LogP contribution in [0, 0.1) is 0 Å². The van der Waals surface area contributed by atoms with Gasteiger partial charge in [-0.3, -0.25) is 9.59 Å². The molecular weight excluding hydrogens is 413 g/mol. The number of carbonyl (C=O) groups is 2. The largest absolute Gasteiger partial charge is 0.497 e. The van der Waals surface area contributed by atoms with E-state index in [1.165, 1.54) is 12.0 Å². The molecule has 1 fully saturated rings. The number of carbonyl (C=O) groups excluding carboxylic acids is 2. The summed E-state index contributed by atoms with van der Waals surface area (Å²) in [6.07, 6.45) is -2.54. The third-order valence-electron chi connectivity index (χ3n) is 5.74. The number of halogens is 3. The summed E-state index contributed by atoms with van der Waals surface area (Å²) < 4.78 is 47.0. The van der Waals surface area contributed by atoms with Gasteiger partial charge in [0.05, 0.1) is 12.8 Å². The van der Waals surface area contributed by atoms with Gasteiger partial charge in [0.1, 0.15) is 11.4 Å². The summed E-state index contributed by atoms with van der Waals surface area (Å²) in [5, 5.41) is 3.76. The van der Waals surface area contributed by atoms with Gasteiger partial charge in [0.15, 0.2) is 5.69 Å². The van der Waals surface area contributed by atoms with E-state index in [0.717, 1.165) is 30.6 Å². The number of aromatic nitrogens is 2. The van der Waals surface area contributed by atoms with Crippen molar-refractivity contribution >= 4 is 11.8 Å². The van der Waals surface area contributed by atoms with Gasteiger partial charge < -0.3 is 14.5 Å². The summed E-state index contributed by atoms with van der Waals surface area (Å²) in [5.74, 6) is -0.0424. The number of hydrogen-bond acceptors (Lipinski definition) is 4. The number of likely N-dealkylation sites (tertiary alicyclic amines) is 1. The SMILES string of the molecule is COc1ccc(-n2nc(C(F)(F)F)c3c2C(=O)N(CCC(=O)N2CCCC2)CC3)cc1. The highest BCUT2D eigenvalue weighted by atomic mass is 19.4. The normalized spacial score (nSPS) is 16.6. The first-order valence-electron chi connectivity index (χ1n) is 10.2. The number of alkyl halides is 3. The van der Waals surface area contributed by atoms with E-state index in [1.807, 2.05) is 0 Å². The Labute approximate surface area is 177 Å². The fraction of sp³-hybridized carbons (Fsp3) is 0.476. The average Bonchev–Trinajstić information content (AvgIpc) is 3.41. The molecule has 2 aliphatic heterocycles. The Morgan fingerprint density at radius 1 is 1.13 bits per heavy atom. The molecule has 1 aromatic carbocycles. The van der Waals surface area contributed by atoms with E-state index >= 15 is 0 Å². The second-order valence-electron chi connectivity index (χ2n) is 7.66. The number of nitrogens with zero attached hydrogens (tertiary/aromatic N) is 4. The summed E-state index contributed by atoms with van der Waals surface area (Å²) in [5.41, 5.74) is -0.914. The lowest BCUT2D eigenvalue weighted by Crippen LogP contribution is -2.41. The van der Waals surface area contributed by atoms with Crippen molar-refractivity contribution in [2.75, 3.05) is 33.3 Å². The monoisotopic (exact) mass is 436 g/mol. The number of methoxy groups -OCH3 is 1. The molecule has 1 aromatic heterocycles. The van der Waals surface area contributed by atoms with Gasteiger partial charge >= 0.3 is 6.18 Å². The van der Waals surface area contributed by atoms with Gasteiger partial charge in [-0.05, 0) is 43.5 Å². The summed E-state index contributed by atoms with van der Waals surface area (Å²) >= 11 is 0. The number of hydrogen-bond donors (Lipinski definition) is 0. The number of amides is 2. The van der Waals surface area contributed by atoms with Gasteiger partial charge in [-0.25, -0.2) is 4.68 Å². The fourth-order valence-corrected chi connectivity index (χ4v) is 4.11. The zero-order valence-corrected chi connectivity index (χ0v) is 17.1. The second-order valence-corrected chi connectivity index (χ2v) is 7.66. The second kappa shape index (κ2) is 8.24. The van der Waals surface area contributed by atoms with E-state index in [9.17, 15) is 22.8 Å². The number of benzene rings is 1. The minimum absolute atomic E-state index is 0.0317. The minimum Gasteiger partial charge on any atom is -0.497 e. The number of rotatable bonds is 5. The van der Waals surface area contributed by atoms with Crippen LogP contribution in [0.1, 0.15) is 41.0 Å². The van der Waals surface area contributed by atoms with Crippen LogP contribution < -0.4 is 4.74 Å². The average molecular weight is 436 g/mol. The number of fused-ring (bicyclic) bond motifs is 1. The van der Waals surface area contributed by atoms with E-state index in [2.05, 4.69) is 5.10 Å². The maximum Gasteiger partial charge on any atom is 0.435 e. The van der Waals surface area contributed by atoms with Gasteiger partial charge in [0.2, 0.25) is 5.91 Å². The molecule has 2 amide bonds. The molecule has 7 nitrogen and oxygen atoms in total. The van der Waals surface area contributed by atoms with Crippen molar-refractivity contribution in [3.05, 3.63) is 41.2 Å². The van der Waals surface area contributed by atoms with Gasteiger partial charge in [-0.15, -0.1) is 0 Å². The molecule has 10 heteroatoms. The molecule has 0 spiro atoms. The highest BCUT2D eigenvalue weighted by Crippen LogP contribution is 2.36. The Bertz CT molecular complexity index is 979. The first-order valence-corrected chi connectivity index (χ1v) is 10.2. The van der Waals surface area contributed by atoms with Gasteiger partial charge in [-0.2, -0.15) is 18.3 Å². The van der Waals surface area contributed by atoms with E-state index in [-0.39, 0.29) is 43.1 Å². The summed E-state index contributed by atoms with van der Waals surface area (Å²) in [6.45, 7) is 1.73. The maximum absolute atomic E-state index is 13.6.